The van der Waals surface area contributed by atoms with E-state index >= 15 is 0 Å². The summed E-state index contributed by atoms with van der Waals surface area (Å²) in [6.45, 7) is 5.38. The predicted octanol–water partition coefficient (Wildman–Crippen LogP) is 2.26. The van der Waals surface area contributed by atoms with Gasteiger partial charge in [-0.2, -0.15) is 0 Å². The van der Waals surface area contributed by atoms with Gasteiger partial charge in [0.2, 0.25) is 0 Å². The van der Waals surface area contributed by atoms with Crippen LogP contribution in [-0.2, 0) is 5.54 Å². The molecule has 90 valence electrons. The second-order valence-electron chi connectivity index (χ2n) is 5.13. The zero-order valence-corrected chi connectivity index (χ0v) is 10.4. The molecule has 0 spiro atoms. The van der Waals surface area contributed by atoms with Gasteiger partial charge in [-0.25, -0.2) is 9.97 Å². The Bertz CT molecular complexity index is 537. The number of aromatic nitrogens is 3. The molecule has 2 aromatic heterocycles. The molecule has 3 heterocycles. The Morgan fingerprint density at radius 3 is 2.94 bits per heavy atom. The monoisotopic (exact) mass is 230 g/mol. The van der Waals surface area contributed by atoms with Crippen molar-refractivity contribution < 1.29 is 0 Å². The molecule has 0 bridgehead atoms. The fraction of sp³-hybridized carbons (Fsp3) is 0.538. The number of hydrogen-bond donors (Lipinski definition) is 2. The zero-order chi connectivity index (χ0) is 11.9. The van der Waals surface area contributed by atoms with E-state index < -0.39 is 0 Å². The van der Waals surface area contributed by atoms with Crippen LogP contribution in [-0.4, -0.2) is 21.5 Å². The molecule has 3 rings (SSSR count). The maximum Gasteiger partial charge on any atom is 0.178 e. The third-order valence-corrected chi connectivity index (χ3v) is 3.74. The number of hydrogen-bond acceptors (Lipinski definition) is 3. The second-order valence-corrected chi connectivity index (χ2v) is 5.13. The van der Waals surface area contributed by atoms with Gasteiger partial charge in [0.15, 0.2) is 5.65 Å². The van der Waals surface area contributed by atoms with E-state index in [2.05, 4.69) is 34.1 Å². The lowest BCUT2D eigenvalue weighted by Gasteiger charge is -2.32. The average molecular weight is 230 g/mol. The van der Waals surface area contributed by atoms with Gasteiger partial charge in [-0.1, -0.05) is 0 Å². The van der Waals surface area contributed by atoms with Crippen molar-refractivity contribution in [3.05, 3.63) is 23.7 Å². The van der Waals surface area contributed by atoms with Crippen LogP contribution in [0.1, 0.15) is 37.6 Å². The van der Waals surface area contributed by atoms with Gasteiger partial charge >= 0.3 is 0 Å². The third-order valence-electron chi connectivity index (χ3n) is 3.74. The number of fused-ring (bicyclic) bond motifs is 1. The highest BCUT2D eigenvalue weighted by Crippen LogP contribution is 2.29. The Kier molecular flexibility index (Phi) is 2.40. The van der Waals surface area contributed by atoms with Crippen molar-refractivity contribution in [1.29, 1.82) is 0 Å². The van der Waals surface area contributed by atoms with E-state index in [0.29, 0.717) is 0 Å². The minimum Gasteiger partial charge on any atom is -0.339 e. The van der Waals surface area contributed by atoms with Crippen LogP contribution in [0.4, 0.5) is 0 Å². The van der Waals surface area contributed by atoms with Crippen LogP contribution in [0, 0.1) is 6.92 Å². The highest BCUT2D eigenvalue weighted by Gasteiger charge is 2.31. The van der Waals surface area contributed by atoms with E-state index in [0.717, 1.165) is 30.0 Å². The van der Waals surface area contributed by atoms with Crippen molar-refractivity contribution in [3.63, 3.8) is 0 Å². The molecule has 1 aliphatic heterocycles. The molecule has 1 fully saturated rings. The molecule has 0 amide bonds. The van der Waals surface area contributed by atoms with Gasteiger partial charge in [-0.3, -0.25) is 0 Å². The lowest BCUT2D eigenvalue weighted by molar-refractivity contribution is 0.271. The summed E-state index contributed by atoms with van der Waals surface area (Å²) in [4.78, 5) is 12.4. The fourth-order valence-electron chi connectivity index (χ4n) is 2.56. The van der Waals surface area contributed by atoms with Gasteiger partial charge in [0.05, 0.1) is 11.1 Å². The Labute approximate surface area is 101 Å². The first kappa shape index (κ1) is 10.7. The highest BCUT2D eigenvalue weighted by molar-refractivity contribution is 5.74. The van der Waals surface area contributed by atoms with E-state index in [1.807, 2.05) is 12.3 Å². The van der Waals surface area contributed by atoms with E-state index in [9.17, 15) is 0 Å². The van der Waals surface area contributed by atoms with Gasteiger partial charge in [0, 0.05) is 6.20 Å². The molecule has 2 N–H and O–H groups in total. The van der Waals surface area contributed by atoms with E-state index in [4.69, 9.17) is 0 Å². The molecule has 17 heavy (non-hydrogen) atoms. The Morgan fingerprint density at radius 1 is 1.35 bits per heavy atom. The number of nitrogens with zero attached hydrogens (tertiary/aromatic N) is 2. The minimum atomic E-state index is -0.0224. The standard InChI is InChI=1S/C13H18N4/c1-9-5-8-14-11-10(9)16-12(17-11)13(2)6-3-4-7-15-13/h5,8,15H,3-4,6-7H2,1-2H3,(H,14,16,17). The van der Waals surface area contributed by atoms with Gasteiger partial charge in [-0.15, -0.1) is 0 Å². The lowest BCUT2D eigenvalue weighted by atomic mass is 9.90. The van der Waals surface area contributed by atoms with Crippen LogP contribution < -0.4 is 5.32 Å². The zero-order valence-electron chi connectivity index (χ0n) is 10.4. The number of pyridine rings is 1. The molecule has 4 nitrogen and oxygen atoms in total. The van der Waals surface area contributed by atoms with E-state index in [1.165, 1.54) is 18.4 Å². The van der Waals surface area contributed by atoms with Gasteiger partial charge in [-0.05, 0) is 51.3 Å². The fourth-order valence-corrected chi connectivity index (χ4v) is 2.56. The summed E-state index contributed by atoms with van der Waals surface area (Å²) in [5.41, 5.74) is 3.07. The number of aromatic amines is 1. The van der Waals surface area contributed by atoms with Crippen LogP contribution in [0.25, 0.3) is 11.2 Å². The SMILES string of the molecule is Cc1ccnc2nc(C3(C)CCCCN3)[nH]c12. The average Bonchev–Trinajstić information content (AvgIpc) is 2.76. The minimum absolute atomic E-state index is 0.0224. The topological polar surface area (TPSA) is 53.6 Å². The van der Waals surface area contributed by atoms with Crippen LogP contribution in [0.3, 0.4) is 0 Å². The second kappa shape index (κ2) is 3.81. The van der Waals surface area contributed by atoms with Crippen molar-refractivity contribution in [2.24, 2.45) is 0 Å². The molecule has 1 unspecified atom stereocenters. The number of nitrogens with one attached hydrogen (secondary N) is 2. The quantitative estimate of drug-likeness (QED) is 0.790. The molecule has 0 radical (unpaired) electrons. The maximum absolute atomic E-state index is 4.64. The molecule has 1 atom stereocenters. The third kappa shape index (κ3) is 1.72. The summed E-state index contributed by atoms with van der Waals surface area (Å²) >= 11 is 0. The Balaban J connectivity index is 2.08. The molecule has 4 heteroatoms. The highest BCUT2D eigenvalue weighted by atomic mass is 15.1. The van der Waals surface area contributed by atoms with Crippen LogP contribution >= 0.6 is 0 Å². The van der Waals surface area contributed by atoms with E-state index in [1.54, 1.807) is 0 Å². The summed E-state index contributed by atoms with van der Waals surface area (Å²) in [5, 5.41) is 3.57. The molecular formula is C13H18N4. The number of piperidine rings is 1. The summed E-state index contributed by atoms with van der Waals surface area (Å²) < 4.78 is 0. The number of rotatable bonds is 1. The molecule has 0 aromatic carbocycles. The maximum atomic E-state index is 4.64. The Hall–Kier alpha value is -1.42. The van der Waals surface area contributed by atoms with E-state index in [-0.39, 0.29) is 5.54 Å². The van der Waals surface area contributed by atoms with Crippen molar-refractivity contribution in [2.75, 3.05) is 6.54 Å². The smallest absolute Gasteiger partial charge is 0.178 e. The molecule has 0 aliphatic carbocycles. The summed E-state index contributed by atoms with van der Waals surface area (Å²) in [6, 6.07) is 2.01. The number of H-pyrrole nitrogens is 1. The van der Waals surface area contributed by atoms with Gasteiger partial charge in [0.1, 0.15) is 5.82 Å². The van der Waals surface area contributed by atoms with Gasteiger partial charge < -0.3 is 10.3 Å². The molecular weight excluding hydrogens is 212 g/mol. The summed E-state index contributed by atoms with van der Waals surface area (Å²) in [7, 11) is 0. The summed E-state index contributed by atoms with van der Waals surface area (Å²) in [6.07, 6.45) is 5.46. The first-order chi connectivity index (χ1) is 8.19. The van der Waals surface area contributed by atoms with Gasteiger partial charge in [0.25, 0.3) is 0 Å². The van der Waals surface area contributed by atoms with Crippen LogP contribution in [0.15, 0.2) is 12.3 Å². The van der Waals surface area contributed by atoms with Crippen molar-refractivity contribution in [2.45, 2.75) is 38.6 Å². The van der Waals surface area contributed by atoms with Crippen LogP contribution in [0.5, 0.6) is 0 Å². The van der Waals surface area contributed by atoms with Crippen molar-refractivity contribution >= 4 is 11.2 Å². The normalized spacial score (nSPS) is 25.3. The van der Waals surface area contributed by atoms with Crippen molar-refractivity contribution in [1.82, 2.24) is 20.3 Å². The summed E-state index contributed by atoms with van der Waals surface area (Å²) in [5.74, 6) is 1.02. The largest absolute Gasteiger partial charge is 0.339 e. The predicted molar refractivity (Wildman–Crippen MR) is 67.8 cm³/mol. The van der Waals surface area contributed by atoms with Crippen LogP contribution in [0.2, 0.25) is 0 Å². The van der Waals surface area contributed by atoms with Crippen molar-refractivity contribution in [3.8, 4) is 0 Å². The molecule has 0 saturated carbocycles. The molecule has 1 saturated heterocycles. The first-order valence-electron chi connectivity index (χ1n) is 6.26. The number of imidazole rings is 1. The first-order valence-corrected chi connectivity index (χ1v) is 6.26. The Morgan fingerprint density at radius 2 is 2.24 bits per heavy atom. The lowest BCUT2D eigenvalue weighted by Crippen LogP contribution is -2.44. The molecule has 1 aliphatic rings. The molecule has 2 aromatic rings. The number of aryl methyl sites for hydroxylation is 1.